The van der Waals surface area contributed by atoms with Crippen molar-refractivity contribution in [2.45, 2.75) is 44.9 Å². The van der Waals surface area contributed by atoms with Gasteiger partial charge < -0.3 is 19.9 Å². The van der Waals surface area contributed by atoms with Crippen molar-refractivity contribution in [2.75, 3.05) is 36.4 Å². The molecule has 7 rings (SSSR count). The number of aliphatic hydroxyl groups is 1. The molecule has 1 aliphatic heterocycles. The fourth-order valence-corrected chi connectivity index (χ4v) is 6.07. The van der Waals surface area contributed by atoms with Crippen molar-refractivity contribution >= 4 is 39.3 Å². The van der Waals surface area contributed by atoms with Gasteiger partial charge in [0.05, 0.1) is 17.8 Å². The Kier molecular flexibility index (Phi) is 6.59. The minimum absolute atomic E-state index is 0.241. The molecule has 11 nitrogen and oxygen atoms in total. The third-order valence-electron chi connectivity index (χ3n) is 8.51. The molecule has 1 aromatic carbocycles. The SMILES string of the molecule is C=CCn1c(=O)c2cnc(Nc3cc(N4CCN(C5CC5)CC4)c4ccn(C)c4c3)nc2n1-c1cccc(C(C)(C)O)n1. The molecule has 4 aromatic heterocycles. The van der Waals surface area contributed by atoms with E-state index < -0.39 is 5.60 Å². The highest BCUT2D eigenvalue weighted by molar-refractivity contribution is 5.96. The number of pyridine rings is 1. The van der Waals surface area contributed by atoms with Gasteiger partial charge in [-0.25, -0.2) is 19.3 Å². The second-order valence-corrected chi connectivity index (χ2v) is 12.1. The minimum atomic E-state index is -1.15. The topological polar surface area (TPSA) is 109 Å². The lowest BCUT2D eigenvalue weighted by molar-refractivity contribution is 0.0738. The molecule has 1 saturated heterocycles. The molecule has 5 heterocycles. The van der Waals surface area contributed by atoms with Gasteiger partial charge in [0.1, 0.15) is 11.0 Å². The van der Waals surface area contributed by atoms with Crippen LogP contribution in [0.5, 0.6) is 0 Å². The molecule has 1 saturated carbocycles. The van der Waals surface area contributed by atoms with E-state index >= 15 is 0 Å². The Hall–Kier alpha value is -4.48. The van der Waals surface area contributed by atoms with Crippen LogP contribution in [-0.4, -0.2) is 71.1 Å². The molecule has 222 valence electrons. The van der Waals surface area contributed by atoms with Crippen LogP contribution < -0.4 is 15.8 Å². The van der Waals surface area contributed by atoms with E-state index in [2.05, 4.69) is 67.7 Å². The summed E-state index contributed by atoms with van der Waals surface area (Å²) in [6, 6.07) is 12.6. The second-order valence-electron chi connectivity index (χ2n) is 12.1. The number of hydrogen-bond donors (Lipinski definition) is 2. The number of anilines is 3. The molecule has 0 unspecified atom stereocenters. The summed E-state index contributed by atoms with van der Waals surface area (Å²) in [7, 11) is 2.05. The number of nitrogens with zero attached hydrogens (tertiary/aromatic N) is 8. The number of fused-ring (bicyclic) bond motifs is 2. The average Bonchev–Trinajstić information content (AvgIpc) is 3.73. The first kappa shape index (κ1) is 27.4. The number of aromatic nitrogens is 6. The summed E-state index contributed by atoms with van der Waals surface area (Å²) in [5, 5.41) is 15.6. The molecule has 2 N–H and O–H groups in total. The Morgan fingerprint density at radius 2 is 1.88 bits per heavy atom. The van der Waals surface area contributed by atoms with Crippen molar-refractivity contribution in [1.82, 2.24) is 33.8 Å². The molecule has 0 radical (unpaired) electrons. The van der Waals surface area contributed by atoms with Crippen molar-refractivity contribution in [1.29, 1.82) is 0 Å². The number of nitrogens with one attached hydrogen (secondary N) is 1. The lowest BCUT2D eigenvalue weighted by Crippen LogP contribution is -2.47. The number of rotatable bonds is 8. The highest BCUT2D eigenvalue weighted by atomic mass is 16.3. The Morgan fingerprint density at radius 1 is 1.09 bits per heavy atom. The maximum Gasteiger partial charge on any atom is 0.278 e. The van der Waals surface area contributed by atoms with Gasteiger partial charge >= 0.3 is 0 Å². The van der Waals surface area contributed by atoms with Crippen LogP contribution in [-0.2, 0) is 19.2 Å². The third kappa shape index (κ3) is 4.98. The van der Waals surface area contributed by atoms with Crippen LogP contribution in [0.4, 0.5) is 17.3 Å². The zero-order valence-electron chi connectivity index (χ0n) is 24.9. The zero-order valence-corrected chi connectivity index (χ0v) is 24.9. The van der Waals surface area contributed by atoms with Crippen molar-refractivity contribution in [2.24, 2.45) is 7.05 Å². The monoisotopic (exact) mass is 579 g/mol. The highest BCUT2D eigenvalue weighted by Gasteiger charge is 2.31. The first-order valence-electron chi connectivity index (χ1n) is 14.9. The van der Waals surface area contributed by atoms with Gasteiger partial charge in [0.2, 0.25) is 5.95 Å². The van der Waals surface area contributed by atoms with Gasteiger partial charge in [-0.3, -0.25) is 9.69 Å². The largest absolute Gasteiger partial charge is 0.384 e. The average molecular weight is 580 g/mol. The zero-order chi connectivity index (χ0) is 29.9. The maximum absolute atomic E-state index is 13.4. The lowest BCUT2D eigenvalue weighted by Gasteiger charge is -2.36. The maximum atomic E-state index is 13.4. The normalized spacial score (nSPS) is 16.3. The van der Waals surface area contributed by atoms with Crippen molar-refractivity contribution in [3.63, 3.8) is 0 Å². The summed E-state index contributed by atoms with van der Waals surface area (Å²) in [6.45, 7) is 11.6. The van der Waals surface area contributed by atoms with Crippen molar-refractivity contribution in [3.8, 4) is 5.82 Å². The summed E-state index contributed by atoms with van der Waals surface area (Å²) < 4.78 is 5.33. The Bertz CT molecular complexity index is 1900. The van der Waals surface area contributed by atoms with Gasteiger partial charge in [0.15, 0.2) is 11.5 Å². The quantitative estimate of drug-likeness (QED) is 0.267. The van der Waals surface area contributed by atoms with Gasteiger partial charge in [-0.1, -0.05) is 12.1 Å². The van der Waals surface area contributed by atoms with E-state index in [0.717, 1.165) is 43.4 Å². The number of aryl methyl sites for hydroxylation is 1. The van der Waals surface area contributed by atoms with E-state index in [0.29, 0.717) is 28.5 Å². The fourth-order valence-electron chi connectivity index (χ4n) is 6.07. The van der Waals surface area contributed by atoms with Crippen molar-refractivity contribution in [3.05, 3.63) is 77.5 Å². The number of piperazine rings is 1. The van der Waals surface area contributed by atoms with E-state index in [4.69, 9.17) is 4.98 Å². The van der Waals surface area contributed by atoms with Crippen LogP contribution in [0.1, 0.15) is 32.4 Å². The smallest absolute Gasteiger partial charge is 0.278 e. The minimum Gasteiger partial charge on any atom is -0.384 e. The predicted octanol–water partition coefficient (Wildman–Crippen LogP) is 3.91. The third-order valence-corrected chi connectivity index (χ3v) is 8.51. The Labute approximate surface area is 249 Å². The summed E-state index contributed by atoms with van der Waals surface area (Å²) in [6.07, 6.45) is 7.97. The van der Waals surface area contributed by atoms with Gasteiger partial charge in [-0.05, 0) is 57.0 Å². The van der Waals surface area contributed by atoms with Gasteiger partial charge in [-0.2, -0.15) is 4.98 Å². The molecular weight excluding hydrogens is 542 g/mol. The van der Waals surface area contributed by atoms with Crippen LogP contribution in [0.25, 0.3) is 27.8 Å². The first-order chi connectivity index (χ1) is 20.7. The van der Waals surface area contributed by atoms with Crippen LogP contribution in [0, 0.1) is 0 Å². The predicted molar refractivity (Wildman–Crippen MR) is 169 cm³/mol. The van der Waals surface area contributed by atoms with E-state index in [1.807, 2.05) is 6.07 Å². The Morgan fingerprint density at radius 3 is 2.60 bits per heavy atom. The van der Waals surface area contributed by atoms with E-state index in [9.17, 15) is 9.90 Å². The molecule has 0 spiro atoms. The fraction of sp³-hybridized carbons (Fsp3) is 0.375. The molecule has 2 fully saturated rings. The standard InChI is InChI=1S/C32H37N9O2/c1-5-12-40-30(42)24-20-33-31(36-29(24)41(40)28-8-6-7-27(35-28)32(2,3)43)34-21-18-25-23(11-13-37(25)4)26(19-21)39-16-14-38(15-17-39)22-9-10-22/h5-8,11,13,18-20,22,43H,1,9-10,12,14-17H2,2-4H3,(H,33,34,36). The Balaban J connectivity index is 1.28. The molecule has 0 atom stereocenters. The molecule has 0 amide bonds. The van der Waals surface area contributed by atoms with Crippen LogP contribution in [0.3, 0.4) is 0 Å². The van der Waals surface area contributed by atoms with Crippen LogP contribution in [0.15, 0.2) is 66.2 Å². The summed E-state index contributed by atoms with van der Waals surface area (Å²) in [5.41, 5.74) is 2.69. The van der Waals surface area contributed by atoms with E-state index in [-0.39, 0.29) is 12.1 Å². The molecule has 0 bridgehead atoms. The summed E-state index contributed by atoms with van der Waals surface area (Å²) in [4.78, 5) is 32.6. The molecule has 2 aliphatic rings. The number of hydrogen-bond acceptors (Lipinski definition) is 8. The molecule has 5 aromatic rings. The molecular formula is C32H37N9O2. The van der Waals surface area contributed by atoms with Crippen LogP contribution in [0.2, 0.25) is 0 Å². The summed E-state index contributed by atoms with van der Waals surface area (Å²) in [5.74, 6) is 0.838. The number of benzene rings is 1. The molecule has 1 aliphatic carbocycles. The van der Waals surface area contributed by atoms with E-state index in [1.165, 1.54) is 28.6 Å². The van der Waals surface area contributed by atoms with Crippen LogP contribution >= 0.6 is 0 Å². The highest BCUT2D eigenvalue weighted by Crippen LogP contribution is 2.35. The van der Waals surface area contributed by atoms with E-state index in [1.54, 1.807) is 42.9 Å². The number of allylic oxidation sites excluding steroid dienone is 1. The molecule has 43 heavy (non-hydrogen) atoms. The van der Waals surface area contributed by atoms with Gasteiger partial charge in [-0.15, -0.1) is 6.58 Å². The lowest BCUT2D eigenvalue weighted by atomic mass is 10.1. The van der Waals surface area contributed by atoms with Crippen molar-refractivity contribution < 1.29 is 5.11 Å². The molecule has 11 heteroatoms. The summed E-state index contributed by atoms with van der Waals surface area (Å²) >= 11 is 0. The first-order valence-corrected chi connectivity index (χ1v) is 14.9. The van der Waals surface area contributed by atoms with Gasteiger partial charge in [0, 0.05) is 68.4 Å². The second kappa shape index (κ2) is 10.4. The van der Waals surface area contributed by atoms with Gasteiger partial charge in [0.25, 0.3) is 5.56 Å².